The first-order chi connectivity index (χ1) is 7.83. The maximum atomic E-state index is 3.47. The van der Waals surface area contributed by atoms with E-state index >= 15 is 0 Å². The van der Waals surface area contributed by atoms with Crippen molar-refractivity contribution in [3.05, 3.63) is 48.0 Å². The minimum atomic E-state index is 0.393. The van der Waals surface area contributed by atoms with Gasteiger partial charge in [-0.15, -0.1) is 0 Å². The molecule has 1 saturated carbocycles. The highest BCUT2D eigenvalue weighted by atomic mass is 15.0. The SMILES string of the molecule is CNC1(Cc2cccc3ccccc23)CC1. The first-order valence-corrected chi connectivity index (χ1v) is 5.99. The van der Waals surface area contributed by atoms with Crippen LogP contribution in [-0.2, 0) is 6.42 Å². The van der Waals surface area contributed by atoms with Gasteiger partial charge in [0.15, 0.2) is 0 Å². The van der Waals surface area contributed by atoms with Crippen LogP contribution >= 0.6 is 0 Å². The molecule has 2 aromatic rings. The summed E-state index contributed by atoms with van der Waals surface area (Å²) in [6.07, 6.45) is 3.78. The van der Waals surface area contributed by atoms with Gasteiger partial charge in [-0.05, 0) is 42.6 Å². The molecule has 1 aliphatic rings. The molecule has 1 heteroatoms. The van der Waals surface area contributed by atoms with Crippen LogP contribution in [0.1, 0.15) is 18.4 Å². The minimum absolute atomic E-state index is 0.393. The first-order valence-electron chi connectivity index (χ1n) is 5.99. The number of nitrogens with one attached hydrogen (secondary N) is 1. The molecule has 3 rings (SSSR count). The molecule has 0 aromatic heterocycles. The van der Waals surface area contributed by atoms with Crippen molar-refractivity contribution >= 4 is 10.8 Å². The normalized spacial score (nSPS) is 17.6. The molecule has 2 aromatic carbocycles. The minimum Gasteiger partial charge on any atom is -0.314 e. The van der Waals surface area contributed by atoms with Crippen molar-refractivity contribution in [2.45, 2.75) is 24.8 Å². The Morgan fingerprint density at radius 2 is 1.81 bits per heavy atom. The van der Waals surface area contributed by atoms with Gasteiger partial charge in [-0.2, -0.15) is 0 Å². The molecule has 16 heavy (non-hydrogen) atoms. The Bertz CT molecular complexity index is 506. The van der Waals surface area contributed by atoms with E-state index in [1.807, 2.05) is 0 Å². The summed E-state index contributed by atoms with van der Waals surface area (Å²) < 4.78 is 0. The summed E-state index contributed by atoms with van der Waals surface area (Å²) in [5.41, 5.74) is 1.87. The fraction of sp³-hybridized carbons (Fsp3) is 0.333. The van der Waals surface area contributed by atoms with Crippen LogP contribution in [0.25, 0.3) is 10.8 Å². The van der Waals surface area contributed by atoms with Gasteiger partial charge in [0.1, 0.15) is 0 Å². The van der Waals surface area contributed by atoms with Gasteiger partial charge in [-0.3, -0.25) is 0 Å². The number of fused-ring (bicyclic) bond motifs is 1. The van der Waals surface area contributed by atoms with E-state index in [1.54, 1.807) is 0 Å². The summed E-state index contributed by atoms with van der Waals surface area (Å²) in [5, 5.41) is 6.23. The van der Waals surface area contributed by atoms with Crippen molar-refractivity contribution < 1.29 is 0 Å². The van der Waals surface area contributed by atoms with E-state index < -0.39 is 0 Å². The van der Waals surface area contributed by atoms with Crippen molar-refractivity contribution in [2.24, 2.45) is 0 Å². The summed E-state index contributed by atoms with van der Waals surface area (Å²) in [6, 6.07) is 15.3. The molecule has 0 radical (unpaired) electrons. The van der Waals surface area contributed by atoms with Crippen LogP contribution in [0, 0.1) is 0 Å². The molecule has 1 N–H and O–H groups in total. The van der Waals surface area contributed by atoms with E-state index in [-0.39, 0.29) is 0 Å². The zero-order chi connectivity index (χ0) is 11.0. The van der Waals surface area contributed by atoms with Gasteiger partial charge >= 0.3 is 0 Å². The molecule has 0 atom stereocenters. The van der Waals surface area contributed by atoms with Crippen molar-refractivity contribution in [1.29, 1.82) is 0 Å². The average Bonchev–Trinajstić information content (AvgIpc) is 3.10. The molecule has 0 bridgehead atoms. The third-order valence-electron chi connectivity index (χ3n) is 3.79. The van der Waals surface area contributed by atoms with Gasteiger partial charge in [0.25, 0.3) is 0 Å². The molecule has 1 fully saturated rings. The second-order valence-electron chi connectivity index (χ2n) is 4.85. The van der Waals surface area contributed by atoms with E-state index in [1.165, 1.54) is 29.2 Å². The van der Waals surface area contributed by atoms with Gasteiger partial charge in [0.05, 0.1) is 0 Å². The summed E-state index contributed by atoms with van der Waals surface area (Å²) in [7, 11) is 2.08. The standard InChI is InChI=1S/C15H17N/c1-16-15(9-10-15)11-13-7-4-6-12-5-2-3-8-14(12)13/h2-8,16H,9-11H2,1H3. The lowest BCUT2D eigenvalue weighted by Gasteiger charge is -2.15. The molecule has 0 amide bonds. The number of hydrogen-bond acceptors (Lipinski definition) is 1. The molecule has 0 unspecified atom stereocenters. The van der Waals surface area contributed by atoms with Crippen LogP contribution in [0.15, 0.2) is 42.5 Å². The van der Waals surface area contributed by atoms with Crippen molar-refractivity contribution in [3.8, 4) is 0 Å². The molecule has 0 heterocycles. The number of hydrogen-bond donors (Lipinski definition) is 1. The van der Waals surface area contributed by atoms with Crippen LogP contribution < -0.4 is 5.32 Å². The van der Waals surface area contributed by atoms with Crippen molar-refractivity contribution in [1.82, 2.24) is 5.32 Å². The van der Waals surface area contributed by atoms with E-state index in [9.17, 15) is 0 Å². The average molecular weight is 211 g/mol. The third-order valence-corrected chi connectivity index (χ3v) is 3.79. The monoisotopic (exact) mass is 211 g/mol. The fourth-order valence-electron chi connectivity index (χ4n) is 2.48. The third kappa shape index (κ3) is 1.61. The number of benzene rings is 2. The maximum Gasteiger partial charge on any atom is 0.0220 e. The predicted molar refractivity (Wildman–Crippen MR) is 68.7 cm³/mol. The summed E-state index contributed by atoms with van der Waals surface area (Å²) in [5.74, 6) is 0. The molecule has 1 nitrogen and oxygen atoms in total. The highest BCUT2D eigenvalue weighted by Crippen LogP contribution is 2.39. The Hall–Kier alpha value is -1.34. The molecule has 0 saturated heterocycles. The second-order valence-corrected chi connectivity index (χ2v) is 4.85. The van der Waals surface area contributed by atoms with E-state index in [0.717, 1.165) is 6.42 Å². The smallest absolute Gasteiger partial charge is 0.0220 e. The largest absolute Gasteiger partial charge is 0.314 e. The van der Waals surface area contributed by atoms with Gasteiger partial charge in [0.2, 0.25) is 0 Å². The molecule has 1 aliphatic carbocycles. The van der Waals surface area contributed by atoms with E-state index in [2.05, 4.69) is 54.8 Å². The van der Waals surface area contributed by atoms with Crippen LogP contribution in [-0.4, -0.2) is 12.6 Å². The molecule has 82 valence electrons. The van der Waals surface area contributed by atoms with Crippen LogP contribution in [0.3, 0.4) is 0 Å². The van der Waals surface area contributed by atoms with E-state index in [0.29, 0.717) is 5.54 Å². The topological polar surface area (TPSA) is 12.0 Å². The van der Waals surface area contributed by atoms with Crippen molar-refractivity contribution in [3.63, 3.8) is 0 Å². The van der Waals surface area contributed by atoms with E-state index in [4.69, 9.17) is 0 Å². The lowest BCUT2D eigenvalue weighted by atomic mass is 9.98. The Morgan fingerprint density at radius 1 is 1.06 bits per heavy atom. The van der Waals surface area contributed by atoms with Gasteiger partial charge in [0, 0.05) is 5.54 Å². The molecule has 0 spiro atoms. The van der Waals surface area contributed by atoms with Crippen LogP contribution in [0.5, 0.6) is 0 Å². The maximum absolute atomic E-state index is 3.47. The molecular formula is C15H17N. The Labute approximate surface area is 96.5 Å². The Balaban J connectivity index is 2.03. The Morgan fingerprint density at radius 3 is 2.56 bits per heavy atom. The van der Waals surface area contributed by atoms with Gasteiger partial charge < -0.3 is 5.32 Å². The number of rotatable bonds is 3. The Kier molecular flexibility index (Phi) is 2.22. The molecule has 0 aliphatic heterocycles. The first kappa shape index (κ1) is 9.86. The lowest BCUT2D eigenvalue weighted by molar-refractivity contribution is 0.550. The van der Waals surface area contributed by atoms with Gasteiger partial charge in [-0.1, -0.05) is 42.5 Å². The van der Waals surface area contributed by atoms with Gasteiger partial charge in [-0.25, -0.2) is 0 Å². The zero-order valence-electron chi connectivity index (χ0n) is 9.66. The summed E-state index contributed by atoms with van der Waals surface area (Å²) in [4.78, 5) is 0. The highest BCUT2D eigenvalue weighted by molar-refractivity contribution is 5.85. The fourth-order valence-corrected chi connectivity index (χ4v) is 2.48. The summed E-state index contributed by atoms with van der Waals surface area (Å²) in [6.45, 7) is 0. The lowest BCUT2D eigenvalue weighted by Crippen LogP contribution is -2.29. The highest BCUT2D eigenvalue weighted by Gasteiger charge is 2.40. The van der Waals surface area contributed by atoms with Crippen LogP contribution in [0.4, 0.5) is 0 Å². The zero-order valence-corrected chi connectivity index (χ0v) is 9.66. The molecular weight excluding hydrogens is 194 g/mol. The van der Waals surface area contributed by atoms with Crippen molar-refractivity contribution in [2.75, 3.05) is 7.05 Å². The predicted octanol–water partition coefficient (Wildman–Crippen LogP) is 3.13. The summed E-state index contributed by atoms with van der Waals surface area (Å²) >= 11 is 0. The van der Waals surface area contributed by atoms with Crippen LogP contribution in [0.2, 0.25) is 0 Å². The quantitative estimate of drug-likeness (QED) is 0.822. The number of likely N-dealkylation sites (N-methyl/N-ethyl adjacent to an activating group) is 1. The second kappa shape index (κ2) is 3.60.